The molecule has 0 amide bonds. The SMILES string of the molecule is Cc1ccc(C(Cc2c(Br)c(C)nn2C)C(=O)O)cc1. The molecule has 0 saturated heterocycles. The third-order valence-corrected chi connectivity index (χ3v) is 4.47. The zero-order valence-corrected chi connectivity index (χ0v) is 13.3. The topological polar surface area (TPSA) is 55.1 Å². The molecular formula is C15H17BrN2O2. The fourth-order valence-electron chi connectivity index (χ4n) is 2.24. The van der Waals surface area contributed by atoms with E-state index >= 15 is 0 Å². The number of carboxylic acid groups (broad SMARTS) is 1. The summed E-state index contributed by atoms with van der Waals surface area (Å²) in [6.45, 7) is 3.88. The lowest BCUT2D eigenvalue weighted by molar-refractivity contribution is -0.138. The summed E-state index contributed by atoms with van der Waals surface area (Å²) in [6, 6.07) is 7.64. The molecule has 0 bridgehead atoms. The van der Waals surface area contributed by atoms with Crippen molar-refractivity contribution >= 4 is 21.9 Å². The van der Waals surface area contributed by atoms with Crippen LogP contribution in [0, 0.1) is 13.8 Å². The Labute approximate surface area is 126 Å². The van der Waals surface area contributed by atoms with Gasteiger partial charge in [0, 0.05) is 13.5 Å². The Bertz CT molecular complexity index is 632. The van der Waals surface area contributed by atoms with Crippen molar-refractivity contribution in [3.63, 3.8) is 0 Å². The number of benzene rings is 1. The van der Waals surface area contributed by atoms with Crippen LogP contribution in [0.2, 0.25) is 0 Å². The first-order valence-corrected chi connectivity index (χ1v) is 7.16. The highest BCUT2D eigenvalue weighted by molar-refractivity contribution is 9.10. The van der Waals surface area contributed by atoms with E-state index in [4.69, 9.17) is 0 Å². The monoisotopic (exact) mass is 336 g/mol. The van der Waals surface area contributed by atoms with E-state index in [1.807, 2.05) is 45.2 Å². The summed E-state index contributed by atoms with van der Waals surface area (Å²) >= 11 is 3.49. The maximum Gasteiger partial charge on any atom is 0.311 e. The van der Waals surface area contributed by atoms with Gasteiger partial charge in [-0.2, -0.15) is 5.10 Å². The first-order valence-electron chi connectivity index (χ1n) is 6.37. The summed E-state index contributed by atoms with van der Waals surface area (Å²) in [5.74, 6) is -1.39. The van der Waals surface area contributed by atoms with Crippen molar-refractivity contribution in [2.75, 3.05) is 0 Å². The second-order valence-corrected chi connectivity index (χ2v) is 5.77. The van der Waals surface area contributed by atoms with E-state index in [9.17, 15) is 9.90 Å². The van der Waals surface area contributed by atoms with Gasteiger partial charge >= 0.3 is 5.97 Å². The smallest absolute Gasteiger partial charge is 0.311 e. The fourth-order valence-corrected chi connectivity index (χ4v) is 2.74. The Morgan fingerprint density at radius 3 is 2.40 bits per heavy atom. The molecule has 0 aliphatic heterocycles. The predicted molar refractivity (Wildman–Crippen MR) is 80.9 cm³/mol. The number of hydrogen-bond donors (Lipinski definition) is 1. The standard InChI is InChI=1S/C15H17BrN2O2/c1-9-4-6-11(7-5-9)12(15(19)20)8-13-14(16)10(2)17-18(13)3/h4-7,12H,8H2,1-3H3,(H,19,20). The van der Waals surface area contributed by atoms with Gasteiger partial charge in [0.1, 0.15) is 0 Å². The van der Waals surface area contributed by atoms with Crippen LogP contribution >= 0.6 is 15.9 Å². The summed E-state index contributed by atoms with van der Waals surface area (Å²) < 4.78 is 2.63. The summed E-state index contributed by atoms with van der Waals surface area (Å²) in [5, 5.41) is 13.8. The summed E-state index contributed by atoms with van der Waals surface area (Å²) in [5.41, 5.74) is 3.70. The molecule has 1 heterocycles. The molecule has 0 saturated carbocycles. The van der Waals surface area contributed by atoms with E-state index in [1.54, 1.807) is 4.68 Å². The minimum atomic E-state index is -0.820. The van der Waals surface area contributed by atoms with Crippen LogP contribution in [0.3, 0.4) is 0 Å². The highest BCUT2D eigenvalue weighted by atomic mass is 79.9. The maximum atomic E-state index is 11.6. The number of aliphatic carboxylic acids is 1. The molecule has 1 atom stereocenters. The minimum absolute atomic E-state index is 0.413. The molecule has 1 aromatic carbocycles. The molecule has 0 spiro atoms. The zero-order valence-electron chi connectivity index (χ0n) is 11.7. The molecule has 2 rings (SSSR count). The Hall–Kier alpha value is -1.62. The van der Waals surface area contributed by atoms with Gasteiger partial charge in [-0.1, -0.05) is 29.8 Å². The Morgan fingerprint density at radius 2 is 1.95 bits per heavy atom. The van der Waals surface area contributed by atoms with E-state index in [-0.39, 0.29) is 0 Å². The van der Waals surface area contributed by atoms with Gasteiger partial charge in [-0.15, -0.1) is 0 Å². The molecule has 0 aliphatic carbocycles. The van der Waals surface area contributed by atoms with Crippen LogP contribution in [0.15, 0.2) is 28.7 Å². The zero-order chi connectivity index (χ0) is 14.9. The molecule has 0 aliphatic rings. The van der Waals surface area contributed by atoms with Crippen molar-refractivity contribution in [3.8, 4) is 0 Å². The number of rotatable bonds is 4. The number of aryl methyl sites for hydroxylation is 3. The highest BCUT2D eigenvalue weighted by Gasteiger charge is 2.24. The van der Waals surface area contributed by atoms with Gasteiger partial charge in [-0.3, -0.25) is 9.48 Å². The van der Waals surface area contributed by atoms with E-state index < -0.39 is 11.9 Å². The van der Waals surface area contributed by atoms with Crippen LogP contribution in [-0.4, -0.2) is 20.9 Å². The quantitative estimate of drug-likeness (QED) is 0.932. The molecule has 4 nitrogen and oxygen atoms in total. The summed E-state index contributed by atoms with van der Waals surface area (Å²) in [4.78, 5) is 11.6. The van der Waals surface area contributed by atoms with Crippen LogP contribution in [-0.2, 0) is 18.3 Å². The van der Waals surface area contributed by atoms with Gasteiger partial charge in [0.05, 0.1) is 21.8 Å². The molecule has 1 N–H and O–H groups in total. The fraction of sp³-hybridized carbons (Fsp3) is 0.333. The molecular weight excluding hydrogens is 320 g/mol. The number of hydrogen-bond acceptors (Lipinski definition) is 2. The molecule has 5 heteroatoms. The Kier molecular flexibility index (Phi) is 4.28. The van der Waals surface area contributed by atoms with Crippen molar-refractivity contribution in [1.29, 1.82) is 0 Å². The lowest BCUT2D eigenvalue weighted by atomic mass is 9.93. The van der Waals surface area contributed by atoms with E-state index in [0.717, 1.165) is 27.0 Å². The molecule has 106 valence electrons. The number of halogens is 1. The van der Waals surface area contributed by atoms with Gasteiger partial charge in [-0.25, -0.2) is 0 Å². The molecule has 0 radical (unpaired) electrons. The third kappa shape index (κ3) is 2.93. The molecule has 0 fully saturated rings. The van der Waals surface area contributed by atoms with Crippen molar-refractivity contribution in [2.24, 2.45) is 7.05 Å². The van der Waals surface area contributed by atoms with Gasteiger partial charge in [0.25, 0.3) is 0 Å². The molecule has 2 aromatic rings. The van der Waals surface area contributed by atoms with Crippen LogP contribution in [0.5, 0.6) is 0 Å². The summed E-state index contributed by atoms with van der Waals surface area (Å²) in [7, 11) is 1.83. The first kappa shape index (κ1) is 14.8. The predicted octanol–water partition coefficient (Wildman–Crippen LogP) is 3.21. The second kappa shape index (κ2) is 5.79. The minimum Gasteiger partial charge on any atom is -0.481 e. The largest absolute Gasteiger partial charge is 0.481 e. The first-order chi connectivity index (χ1) is 9.40. The Morgan fingerprint density at radius 1 is 1.35 bits per heavy atom. The van der Waals surface area contributed by atoms with Crippen molar-refractivity contribution in [2.45, 2.75) is 26.2 Å². The van der Waals surface area contributed by atoms with Crippen molar-refractivity contribution in [3.05, 3.63) is 51.3 Å². The Balaban J connectivity index is 2.35. The average molecular weight is 337 g/mol. The van der Waals surface area contributed by atoms with Gasteiger partial charge in [-0.05, 0) is 35.3 Å². The second-order valence-electron chi connectivity index (χ2n) is 4.98. The van der Waals surface area contributed by atoms with Gasteiger partial charge in [0.15, 0.2) is 0 Å². The molecule has 1 unspecified atom stereocenters. The van der Waals surface area contributed by atoms with Crippen LogP contribution < -0.4 is 0 Å². The van der Waals surface area contributed by atoms with E-state index in [1.165, 1.54) is 0 Å². The van der Waals surface area contributed by atoms with Crippen LogP contribution in [0.25, 0.3) is 0 Å². The highest BCUT2D eigenvalue weighted by Crippen LogP contribution is 2.27. The maximum absolute atomic E-state index is 11.6. The number of carbonyl (C=O) groups is 1. The molecule has 20 heavy (non-hydrogen) atoms. The van der Waals surface area contributed by atoms with Crippen molar-refractivity contribution in [1.82, 2.24) is 9.78 Å². The molecule has 1 aromatic heterocycles. The third-order valence-electron chi connectivity index (χ3n) is 3.44. The van der Waals surface area contributed by atoms with Crippen LogP contribution in [0.1, 0.15) is 28.4 Å². The van der Waals surface area contributed by atoms with Crippen LogP contribution in [0.4, 0.5) is 0 Å². The average Bonchev–Trinajstić information content (AvgIpc) is 2.62. The van der Waals surface area contributed by atoms with E-state index in [0.29, 0.717) is 6.42 Å². The van der Waals surface area contributed by atoms with E-state index in [2.05, 4.69) is 21.0 Å². The van der Waals surface area contributed by atoms with Gasteiger partial charge in [0.2, 0.25) is 0 Å². The lowest BCUT2D eigenvalue weighted by Crippen LogP contribution is -2.16. The normalized spacial score (nSPS) is 12.4. The number of carboxylic acids is 1. The van der Waals surface area contributed by atoms with Crippen molar-refractivity contribution < 1.29 is 9.90 Å². The summed E-state index contributed by atoms with van der Waals surface area (Å²) in [6.07, 6.45) is 0.413. The number of aromatic nitrogens is 2. The number of nitrogens with zero attached hydrogens (tertiary/aromatic N) is 2. The van der Waals surface area contributed by atoms with Gasteiger partial charge < -0.3 is 5.11 Å². The lowest BCUT2D eigenvalue weighted by Gasteiger charge is -2.13.